The van der Waals surface area contributed by atoms with Crippen molar-refractivity contribution >= 4 is 5.91 Å². The largest absolute Gasteiger partial charge is 0.494 e. The van der Waals surface area contributed by atoms with Crippen LogP contribution >= 0.6 is 0 Å². The van der Waals surface area contributed by atoms with Crippen molar-refractivity contribution in [1.29, 1.82) is 0 Å². The number of carbonyl (C=O) groups excluding carboxylic acids is 1. The van der Waals surface area contributed by atoms with Gasteiger partial charge in [0.25, 0.3) is 0 Å². The van der Waals surface area contributed by atoms with Gasteiger partial charge in [-0.3, -0.25) is 4.79 Å². The first-order valence-electron chi connectivity index (χ1n) is 13.3. The summed E-state index contributed by atoms with van der Waals surface area (Å²) >= 11 is 0. The maximum absolute atomic E-state index is 12.8. The van der Waals surface area contributed by atoms with Crippen LogP contribution in [-0.4, -0.2) is 43.5 Å². The number of carbonyl (C=O) groups is 1. The summed E-state index contributed by atoms with van der Waals surface area (Å²) in [6.07, 6.45) is 7.42. The van der Waals surface area contributed by atoms with Crippen LogP contribution in [-0.2, 0) is 4.79 Å². The van der Waals surface area contributed by atoms with Gasteiger partial charge in [0.1, 0.15) is 24.7 Å². The molecular weight excluding hydrogens is 458 g/mol. The van der Waals surface area contributed by atoms with Gasteiger partial charge in [0, 0.05) is 0 Å². The van der Waals surface area contributed by atoms with E-state index >= 15 is 0 Å². The van der Waals surface area contributed by atoms with Crippen LogP contribution in [0.4, 0.5) is 0 Å². The highest BCUT2D eigenvalue weighted by molar-refractivity contribution is 5.76. The number of amides is 1. The molecule has 0 aromatic heterocycles. The van der Waals surface area contributed by atoms with E-state index < -0.39 is 6.10 Å². The standard InChI is InChI=1S/C29H39NO6/c1-2-33-23-10-12-24(13-11-23)34-17-16-28(31)30-25(14-8-21-6-4-3-5-7-21)29(32)22-9-15-26-27(20-22)36-19-18-35-26/h9-13,15,20-21,25,29,32H,2-8,14,16-19H2,1H3,(H,30,31). The number of rotatable bonds is 12. The number of hydrogen-bond acceptors (Lipinski definition) is 6. The van der Waals surface area contributed by atoms with Gasteiger partial charge >= 0.3 is 0 Å². The number of hydrogen-bond donors (Lipinski definition) is 2. The third kappa shape index (κ3) is 7.53. The summed E-state index contributed by atoms with van der Waals surface area (Å²) in [6.45, 7) is 3.82. The van der Waals surface area contributed by atoms with Crippen LogP contribution in [0, 0.1) is 5.92 Å². The van der Waals surface area contributed by atoms with Gasteiger partial charge in [-0.1, -0.05) is 38.2 Å². The van der Waals surface area contributed by atoms with Gasteiger partial charge in [-0.05, 0) is 67.6 Å². The molecule has 2 atom stereocenters. The Kier molecular flexibility index (Phi) is 9.73. The van der Waals surface area contributed by atoms with Gasteiger partial charge in [0.15, 0.2) is 11.5 Å². The second kappa shape index (κ2) is 13.4. The molecule has 2 aromatic rings. The van der Waals surface area contributed by atoms with Crippen LogP contribution in [0.1, 0.15) is 70.0 Å². The molecule has 4 rings (SSSR count). The molecule has 0 bridgehead atoms. The maximum atomic E-state index is 12.8. The zero-order valence-corrected chi connectivity index (χ0v) is 21.2. The normalized spacial score (nSPS) is 17.2. The van der Waals surface area contributed by atoms with E-state index in [1.165, 1.54) is 32.1 Å². The van der Waals surface area contributed by atoms with Crippen LogP contribution < -0.4 is 24.3 Å². The molecule has 2 unspecified atom stereocenters. The van der Waals surface area contributed by atoms with E-state index in [0.717, 1.165) is 24.2 Å². The minimum atomic E-state index is -0.833. The number of benzene rings is 2. The van der Waals surface area contributed by atoms with Crippen LogP contribution in [0.25, 0.3) is 0 Å². The number of aliphatic hydroxyl groups excluding tert-OH is 1. The van der Waals surface area contributed by atoms with E-state index in [-0.39, 0.29) is 25.0 Å². The summed E-state index contributed by atoms with van der Waals surface area (Å²) in [7, 11) is 0. The van der Waals surface area contributed by atoms with E-state index in [2.05, 4.69) is 5.32 Å². The van der Waals surface area contributed by atoms with Gasteiger partial charge in [0.2, 0.25) is 5.91 Å². The van der Waals surface area contributed by atoms with Crippen LogP contribution in [0.5, 0.6) is 23.0 Å². The zero-order chi connectivity index (χ0) is 25.2. The lowest BCUT2D eigenvalue weighted by Crippen LogP contribution is -2.40. The minimum absolute atomic E-state index is 0.133. The molecule has 2 N–H and O–H groups in total. The van der Waals surface area contributed by atoms with Crippen molar-refractivity contribution in [2.24, 2.45) is 5.92 Å². The molecule has 1 fully saturated rings. The van der Waals surface area contributed by atoms with Crippen LogP contribution in [0.15, 0.2) is 42.5 Å². The second-order valence-corrected chi connectivity index (χ2v) is 9.61. The highest BCUT2D eigenvalue weighted by atomic mass is 16.6. The van der Waals surface area contributed by atoms with Crippen molar-refractivity contribution in [2.45, 2.75) is 70.4 Å². The summed E-state index contributed by atoms with van der Waals surface area (Å²) in [5, 5.41) is 14.4. The molecule has 0 saturated heterocycles. The quantitative estimate of drug-likeness (QED) is 0.419. The predicted molar refractivity (Wildman–Crippen MR) is 138 cm³/mol. The summed E-state index contributed by atoms with van der Waals surface area (Å²) in [6, 6.07) is 12.5. The molecule has 2 aromatic carbocycles. The SMILES string of the molecule is CCOc1ccc(OCCC(=O)NC(CCC2CCCCC2)C(O)c2ccc3c(c2)OCCO3)cc1. The highest BCUT2D eigenvalue weighted by Crippen LogP contribution is 2.35. The molecule has 1 heterocycles. The zero-order valence-electron chi connectivity index (χ0n) is 21.2. The van der Waals surface area contributed by atoms with E-state index in [1.807, 2.05) is 49.4 Å². The van der Waals surface area contributed by atoms with Crippen molar-refractivity contribution < 1.29 is 28.8 Å². The molecule has 7 nitrogen and oxygen atoms in total. The fourth-order valence-corrected chi connectivity index (χ4v) is 5.02. The first-order chi connectivity index (χ1) is 17.6. The summed E-state index contributed by atoms with van der Waals surface area (Å²) in [4.78, 5) is 12.8. The van der Waals surface area contributed by atoms with Crippen molar-refractivity contribution in [3.05, 3.63) is 48.0 Å². The van der Waals surface area contributed by atoms with Crippen molar-refractivity contribution in [1.82, 2.24) is 5.32 Å². The van der Waals surface area contributed by atoms with Gasteiger partial charge in [-0.15, -0.1) is 0 Å². The van der Waals surface area contributed by atoms with Crippen LogP contribution in [0.3, 0.4) is 0 Å². The fourth-order valence-electron chi connectivity index (χ4n) is 5.02. The number of fused-ring (bicyclic) bond motifs is 1. The van der Waals surface area contributed by atoms with E-state index in [9.17, 15) is 9.90 Å². The Bertz CT molecular complexity index is 957. The van der Waals surface area contributed by atoms with E-state index in [0.29, 0.717) is 43.0 Å². The second-order valence-electron chi connectivity index (χ2n) is 9.61. The number of nitrogens with one attached hydrogen (secondary N) is 1. The molecule has 0 radical (unpaired) electrons. The lowest BCUT2D eigenvalue weighted by molar-refractivity contribution is -0.123. The third-order valence-electron chi connectivity index (χ3n) is 6.98. The molecule has 36 heavy (non-hydrogen) atoms. The minimum Gasteiger partial charge on any atom is -0.494 e. The van der Waals surface area contributed by atoms with Gasteiger partial charge in [-0.2, -0.15) is 0 Å². The predicted octanol–water partition coefficient (Wildman–Crippen LogP) is 5.20. The molecule has 196 valence electrons. The molecule has 2 aliphatic rings. The Balaban J connectivity index is 1.34. The summed E-state index contributed by atoms with van der Waals surface area (Å²) in [5.74, 6) is 3.33. The fraction of sp³-hybridized carbons (Fsp3) is 0.552. The van der Waals surface area contributed by atoms with Crippen molar-refractivity contribution in [3.8, 4) is 23.0 Å². The Morgan fingerprint density at radius 2 is 1.69 bits per heavy atom. The summed E-state index contributed by atoms with van der Waals surface area (Å²) < 4.78 is 22.5. The molecule has 1 aliphatic carbocycles. The molecule has 1 saturated carbocycles. The number of ether oxygens (including phenoxy) is 4. The molecule has 7 heteroatoms. The van der Waals surface area contributed by atoms with E-state index in [1.54, 1.807) is 0 Å². The topological polar surface area (TPSA) is 86.3 Å². The van der Waals surface area contributed by atoms with Gasteiger partial charge in [-0.25, -0.2) is 0 Å². The first-order valence-corrected chi connectivity index (χ1v) is 13.3. The average molecular weight is 498 g/mol. The summed E-state index contributed by atoms with van der Waals surface area (Å²) in [5.41, 5.74) is 0.721. The molecular formula is C29H39NO6. The highest BCUT2D eigenvalue weighted by Gasteiger charge is 2.26. The number of aliphatic hydroxyl groups is 1. The van der Waals surface area contributed by atoms with Crippen molar-refractivity contribution in [2.75, 3.05) is 26.4 Å². The van der Waals surface area contributed by atoms with Crippen molar-refractivity contribution in [3.63, 3.8) is 0 Å². The Morgan fingerprint density at radius 1 is 1.00 bits per heavy atom. The lowest BCUT2D eigenvalue weighted by Gasteiger charge is -2.28. The molecule has 0 spiro atoms. The Morgan fingerprint density at radius 3 is 2.42 bits per heavy atom. The average Bonchev–Trinajstić information content (AvgIpc) is 2.92. The Labute approximate surface area is 214 Å². The molecule has 1 amide bonds. The van der Waals surface area contributed by atoms with Crippen LogP contribution in [0.2, 0.25) is 0 Å². The van der Waals surface area contributed by atoms with Gasteiger partial charge in [0.05, 0.1) is 31.8 Å². The monoisotopic (exact) mass is 497 g/mol. The third-order valence-corrected chi connectivity index (χ3v) is 6.98. The Hall–Kier alpha value is -2.93. The first kappa shape index (κ1) is 26.1. The smallest absolute Gasteiger partial charge is 0.223 e. The lowest BCUT2D eigenvalue weighted by atomic mass is 9.84. The molecule has 1 aliphatic heterocycles. The van der Waals surface area contributed by atoms with Gasteiger partial charge < -0.3 is 29.4 Å². The maximum Gasteiger partial charge on any atom is 0.223 e. The van der Waals surface area contributed by atoms with E-state index in [4.69, 9.17) is 18.9 Å².